The second-order valence-electron chi connectivity index (χ2n) is 9.97. The van der Waals surface area contributed by atoms with Crippen LogP contribution in [0.2, 0.25) is 0 Å². The van der Waals surface area contributed by atoms with E-state index in [0.29, 0.717) is 22.9 Å². The fourth-order valence-electron chi connectivity index (χ4n) is 4.79. The average Bonchev–Trinajstić information content (AvgIpc) is 3.37. The Morgan fingerprint density at radius 1 is 0.975 bits per heavy atom. The number of nitrogens with zero attached hydrogens (tertiary/aromatic N) is 3. The molecule has 4 aromatic carbocycles. The monoisotopic (exact) mass is 534 g/mol. The van der Waals surface area contributed by atoms with E-state index < -0.39 is 0 Å². The van der Waals surface area contributed by atoms with E-state index in [-0.39, 0.29) is 5.91 Å². The number of anilines is 4. The van der Waals surface area contributed by atoms with Crippen LogP contribution in [0.5, 0.6) is 5.75 Å². The summed E-state index contributed by atoms with van der Waals surface area (Å²) in [6, 6.07) is 24.8. The van der Waals surface area contributed by atoms with E-state index in [2.05, 4.69) is 91.8 Å². The number of rotatable bonds is 10. The van der Waals surface area contributed by atoms with Crippen molar-refractivity contribution in [1.82, 2.24) is 15.1 Å². The van der Waals surface area contributed by atoms with Gasteiger partial charge in [-0.15, -0.1) is 0 Å². The van der Waals surface area contributed by atoms with Gasteiger partial charge in [-0.05, 0) is 60.3 Å². The summed E-state index contributed by atoms with van der Waals surface area (Å²) < 4.78 is 5.78. The van der Waals surface area contributed by atoms with Gasteiger partial charge in [0.25, 0.3) is 0 Å². The van der Waals surface area contributed by atoms with Crippen LogP contribution in [0.15, 0.2) is 85.5 Å². The van der Waals surface area contributed by atoms with Gasteiger partial charge in [0, 0.05) is 31.6 Å². The number of likely N-dealkylation sites (N-methyl/N-ethyl adjacent to an activating group) is 2. The van der Waals surface area contributed by atoms with E-state index in [1.54, 1.807) is 7.11 Å². The van der Waals surface area contributed by atoms with Crippen LogP contribution in [0.3, 0.4) is 0 Å². The van der Waals surface area contributed by atoms with Gasteiger partial charge in [-0.3, -0.25) is 9.89 Å². The molecule has 40 heavy (non-hydrogen) atoms. The predicted molar refractivity (Wildman–Crippen MR) is 166 cm³/mol. The highest BCUT2D eigenvalue weighted by Gasteiger charge is 2.18. The molecule has 0 unspecified atom stereocenters. The first-order valence-electron chi connectivity index (χ1n) is 13.1. The number of methoxy groups -OCH3 is 1. The van der Waals surface area contributed by atoms with Gasteiger partial charge in [0.15, 0.2) is 5.82 Å². The molecule has 5 aromatic rings. The number of carbonyl (C=O) groups excluding carboxylic acids is 1. The third-order valence-electron chi connectivity index (χ3n) is 6.97. The predicted octanol–water partition coefficient (Wildman–Crippen LogP) is 6.26. The third-order valence-corrected chi connectivity index (χ3v) is 6.97. The summed E-state index contributed by atoms with van der Waals surface area (Å²) in [5, 5.41) is 17.4. The van der Waals surface area contributed by atoms with Gasteiger partial charge in [-0.2, -0.15) is 5.10 Å². The summed E-state index contributed by atoms with van der Waals surface area (Å²) in [6.45, 7) is 5.23. The number of hydrogen-bond donors (Lipinski definition) is 3. The molecule has 0 radical (unpaired) electrons. The van der Waals surface area contributed by atoms with Gasteiger partial charge in [-0.1, -0.05) is 55.1 Å². The standard InChI is InChI=1S/C32H34N6O2/c1-6-31(39)33-27-19-28(30(40-5)20-29(27)38(4)17-16-37(2)3)34-32-25-18-22(14-15-26(25)35-36-32)24-13-9-11-21-10-7-8-12-23(21)24/h6-15,18-20H,1,16-17H2,2-5H3,(H,33,39)(H2,34,35,36). The maximum Gasteiger partial charge on any atom is 0.247 e. The molecule has 204 valence electrons. The highest BCUT2D eigenvalue weighted by Crippen LogP contribution is 2.39. The van der Waals surface area contributed by atoms with E-state index in [1.165, 1.54) is 16.8 Å². The third kappa shape index (κ3) is 5.48. The zero-order chi connectivity index (χ0) is 28.2. The number of H-pyrrole nitrogens is 1. The van der Waals surface area contributed by atoms with Crippen LogP contribution in [0, 0.1) is 0 Å². The molecule has 1 amide bonds. The molecule has 0 saturated carbocycles. The maximum atomic E-state index is 12.3. The fourth-order valence-corrected chi connectivity index (χ4v) is 4.79. The molecule has 3 N–H and O–H groups in total. The second kappa shape index (κ2) is 11.5. The van der Waals surface area contributed by atoms with E-state index in [0.717, 1.165) is 40.8 Å². The van der Waals surface area contributed by atoms with E-state index >= 15 is 0 Å². The Hall–Kier alpha value is -4.82. The molecule has 0 aliphatic rings. The minimum absolute atomic E-state index is 0.289. The Morgan fingerprint density at radius 2 is 1.77 bits per heavy atom. The molecule has 5 rings (SSSR count). The van der Waals surface area contributed by atoms with Gasteiger partial charge in [0.05, 0.1) is 29.7 Å². The van der Waals surface area contributed by atoms with Crippen molar-refractivity contribution in [3.63, 3.8) is 0 Å². The van der Waals surface area contributed by atoms with Gasteiger partial charge in [0.2, 0.25) is 5.91 Å². The van der Waals surface area contributed by atoms with Crippen molar-refractivity contribution in [1.29, 1.82) is 0 Å². The summed E-state index contributed by atoms with van der Waals surface area (Å²) in [6.07, 6.45) is 1.26. The second-order valence-corrected chi connectivity index (χ2v) is 9.97. The van der Waals surface area contributed by atoms with Gasteiger partial charge in [0.1, 0.15) is 5.75 Å². The van der Waals surface area contributed by atoms with Crippen LogP contribution in [0.1, 0.15) is 0 Å². The largest absolute Gasteiger partial charge is 0.494 e. The molecule has 1 aromatic heterocycles. The minimum Gasteiger partial charge on any atom is -0.494 e. The normalized spacial score (nSPS) is 11.1. The van der Waals surface area contributed by atoms with E-state index in [9.17, 15) is 4.79 Å². The van der Waals surface area contributed by atoms with Gasteiger partial charge in [-0.25, -0.2) is 0 Å². The summed E-state index contributed by atoms with van der Waals surface area (Å²) in [7, 11) is 7.68. The number of ether oxygens (including phenoxy) is 1. The topological polar surface area (TPSA) is 85.5 Å². The highest BCUT2D eigenvalue weighted by atomic mass is 16.5. The lowest BCUT2D eigenvalue weighted by atomic mass is 9.97. The first-order valence-corrected chi connectivity index (χ1v) is 13.1. The first-order chi connectivity index (χ1) is 19.4. The highest BCUT2D eigenvalue weighted by molar-refractivity contribution is 6.03. The molecule has 1 heterocycles. The van der Waals surface area contributed by atoms with Crippen molar-refractivity contribution < 1.29 is 9.53 Å². The number of fused-ring (bicyclic) bond motifs is 2. The lowest BCUT2D eigenvalue weighted by molar-refractivity contribution is -0.111. The van der Waals surface area contributed by atoms with Crippen LogP contribution in [-0.2, 0) is 4.79 Å². The van der Waals surface area contributed by atoms with Crippen molar-refractivity contribution in [2.75, 3.05) is 56.9 Å². The summed E-state index contributed by atoms with van der Waals surface area (Å²) in [5.74, 6) is 0.998. The zero-order valence-corrected chi connectivity index (χ0v) is 23.3. The molecule has 0 spiro atoms. The van der Waals surface area contributed by atoms with Crippen LogP contribution in [-0.4, -0.2) is 62.3 Å². The van der Waals surface area contributed by atoms with Crippen molar-refractivity contribution in [3.8, 4) is 16.9 Å². The van der Waals surface area contributed by atoms with E-state index in [1.807, 2.05) is 39.3 Å². The summed E-state index contributed by atoms with van der Waals surface area (Å²) in [5.41, 5.74) is 5.32. The molecule has 0 fully saturated rings. The number of amides is 1. The van der Waals surface area contributed by atoms with Crippen LogP contribution < -0.4 is 20.3 Å². The Labute approximate surface area is 234 Å². The Bertz CT molecular complexity index is 1690. The van der Waals surface area contributed by atoms with Crippen LogP contribution in [0.25, 0.3) is 32.8 Å². The fraction of sp³-hybridized carbons (Fsp3) is 0.188. The average molecular weight is 535 g/mol. The lowest BCUT2D eigenvalue weighted by Gasteiger charge is -2.26. The molecule has 0 saturated heterocycles. The van der Waals surface area contributed by atoms with E-state index in [4.69, 9.17) is 4.74 Å². The lowest BCUT2D eigenvalue weighted by Crippen LogP contribution is -2.29. The number of benzene rings is 4. The maximum absolute atomic E-state index is 12.3. The number of nitrogens with one attached hydrogen (secondary N) is 3. The molecule has 0 bridgehead atoms. The molecule has 0 aliphatic carbocycles. The summed E-state index contributed by atoms with van der Waals surface area (Å²) >= 11 is 0. The zero-order valence-electron chi connectivity index (χ0n) is 23.3. The molecular formula is C32H34N6O2. The molecule has 8 heteroatoms. The molecule has 0 atom stereocenters. The number of aromatic nitrogens is 2. The van der Waals surface area contributed by atoms with Crippen molar-refractivity contribution in [3.05, 3.63) is 85.5 Å². The number of hydrogen-bond acceptors (Lipinski definition) is 6. The Kier molecular flexibility index (Phi) is 7.70. The summed E-state index contributed by atoms with van der Waals surface area (Å²) in [4.78, 5) is 16.5. The van der Waals surface area contributed by atoms with Crippen LogP contribution in [0.4, 0.5) is 22.9 Å². The van der Waals surface area contributed by atoms with Crippen molar-refractivity contribution in [2.24, 2.45) is 0 Å². The van der Waals surface area contributed by atoms with Gasteiger partial charge < -0.3 is 25.2 Å². The SMILES string of the molecule is C=CC(=O)Nc1cc(Nc2n[nH]c3ccc(-c4cccc5ccccc45)cc23)c(OC)cc1N(C)CCN(C)C. The molecule has 8 nitrogen and oxygen atoms in total. The van der Waals surface area contributed by atoms with Gasteiger partial charge >= 0.3 is 0 Å². The quantitative estimate of drug-likeness (QED) is 0.184. The number of carbonyl (C=O) groups is 1. The first kappa shape index (κ1) is 26.8. The smallest absolute Gasteiger partial charge is 0.247 e. The van der Waals surface area contributed by atoms with Crippen LogP contribution >= 0.6 is 0 Å². The van der Waals surface area contributed by atoms with Crippen molar-refractivity contribution >= 4 is 50.5 Å². The Morgan fingerprint density at radius 3 is 2.55 bits per heavy atom. The molecule has 0 aliphatic heterocycles. The minimum atomic E-state index is -0.289. The van der Waals surface area contributed by atoms with Crippen molar-refractivity contribution in [2.45, 2.75) is 0 Å². The Balaban J connectivity index is 1.55. The number of aromatic amines is 1. The molecular weight excluding hydrogens is 500 g/mol.